The Labute approximate surface area is 134 Å². The van der Waals surface area contributed by atoms with Crippen molar-refractivity contribution >= 4 is 27.3 Å². The van der Waals surface area contributed by atoms with Crippen LogP contribution in [0.25, 0.3) is 0 Å². The molecule has 0 saturated carbocycles. The van der Waals surface area contributed by atoms with Crippen molar-refractivity contribution in [2.75, 3.05) is 16.6 Å². The van der Waals surface area contributed by atoms with Crippen molar-refractivity contribution in [2.24, 2.45) is 0 Å². The molecule has 1 amide bonds. The molecule has 0 atom stereocenters. The van der Waals surface area contributed by atoms with Crippen molar-refractivity contribution in [1.82, 2.24) is 0 Å². The summed E-state index contributed by atoms with van der Waals surface area (Å²) in [6.07, 6.45) is 0.234. The van der Waals surface area contributed by atoms with Crippen LogP contribution in [0.1, 0.15) is 12.0 Å². The molecular weight excluding hydrogens is 316 g/mol. The summed E-state index contributed by atoms with van der Waals surface area (Å²) in [4.78, 5) is 11.6. The van der Waals surface area contributed by atoms with E-state index in [2.05, 4.69) is 10.0 Å². The monoisotopic (exact) mass is 332 g/mol. The van der Waals surface area contributed by atoms with E-state index < -0.39 is 10.0 Å². The number of aryl methyl sites for hydroxylation is 1. The van der Waals surface area contributed by atoms with Crippen LogP contribution in [0.2, 0.25) is 0 Å². The first-order valence-electron chi connectivity index (χ1n) is 7.10. The van der Waals surface area contributed by atoms with Crippen LogP contribution in [0.15, 0.2) is 47.4 Å². The van der Waals surface area contributed by atoms with Crippen LogP contribution in [0, 0.1) is 6.92 Å². The average Bonchev–Trinajstić information content (AvgIpc) is 2.66. The number of carbonyl (C=O) groups is 1. The Bertz CT molecular complexity index is 862. The summed E-state index contributed by atoms with van der Waals surface area (Å²) >= 11 is 0. The van der Waals surface area contributed by atoms with E-state index in [1.54, 1.807) is 24.3 Å². The number of sulfonamides is 1. The van der Waals surface area contributed by atoms with Gasteiger partial charge >= 0.3 is 0 Å². The van der Waals surface area contributed by atoms with Crippen LogP contribution in [0.3, 0.4) is 0 Å². The van der Waals surface area contributed by atoms with E-state index in [9.17, 15) is 13.2 Å². The minimum absolute atomic E-state index is 0.0588. The summed E-state index contributed by atoms with van der Waals surface area (Å²) in [5.74, 6) is 0.260. The van der Waals surface area contributed by atoms with Crippen LogP contribution in [0.4, 0.5) is 11.4 Å². The van der Waals surface area contributed by atoms with Gasteiger partial charge in [0.15, 0.2) is 0 Å². The van der Waals surface area contributed by atoms with Gasteiger partial charge < -0.3 is 10.1 Å². The first kappa shape index (κ1) is 15.4. The lowest BCUT2D eigenvalue weighted by atomic mass is 10.2. The molecular formula is C16H16N2O4S. The Hall–Kier alpha value is -2.54. The van der Waals surface area contributed by atoms with Crippen molar-refractivity contribution < 1.29 is 17.9 Å². The smallest absolute Gasteiger partial charge is 0.261 e. The predicted octanol–water partition coefficient (Wildman–Crippen LogP) is 2.52. The molecule has 120 valence electrons. The number of hydrogen-bond donors (Lipinski definition) is 2. The van der Waals surface area contributed by atoms with Crippen LogP contribution in [0.5, 0.6) is 5.75 Å². The molecule has 2 N–H and O–H groups in total. The lowest BCUT2D eigenvalue weighted by Crippen LogP contribution is -2.14. The van der Waals surface area contributed by atoms with Crippen LogP contribution >= 0.6 is 0 Å². The van der Waals surface area contributed by atoms with E-state index in [0.29, 0.717) is 17.1 Å². The van der Waals surface area contributed by atoms with Crippen LogP contribution < -0.4 is 14.8 Å². The maximum atomic E-state index is 12.5. The summed E-state index contributed by atoms with van der Waals surface area (Å²) in [5.41, 5.74) is 1.80. The van der Waals surface area contributed by atoms with Gasteiger partial charge in [0.1, 0.15) is 5.75 Å². The van der Waals surface area contributed by atoms with Crippen molar-refractivity contribution in [3.05, 3.63) is 48.0 Å². The van der Waals surface area contributed by atoms with E-state index in [1.165, 1.54) is 12.1 Å². The highest BCUT2D eigenvalue weighted by atomic mass is 32.2. The molecule has 1 aliphatic rings. The third-order valence-corrected chi connectivity index (χ3v) is 4.77. The van der Waals surface area contributed by atoms with Crippen molar-refractivity contribution in [2.45, 2.75) is 18.2 Å². The fourth-order valence-electron chi connectivity index (χ4n) is 2.29. The molecule has 0 spiro atoms. The minimum Gasteiger partial charge on any atom is -0.491 e. The van der Waals surface area contributed by atoms with E-state index in [4.69, 9.17) is 4.74 Å². The largest absolute Gasteiger partial charge is 0.491 e. The lowest BCUT2D eigenvalue weighted by molar-refractivity contribution is -0.116. The summed E-state index contributed by atoms with van der Waals surface area (Å²) in [5, 5.41) is 2.65. The number of ether oxygens (including phenoxy) is 1. The Morgan fingerprint density at radius 3 is 2.78 bits per heavy atom. The molecule has 6 nitrogen and oxygen atoms in total. The Morgan fingerprint density at radius 1 is 1.17 bits per heavy atom. The minimum atomic E-state index is -3.75. The molecule has 0 aromatic heterocycles. The Kier molecular flexibility index (Phi) is 3.96. The first-order chi connectivity index (χ1) is 10.9. The molecule has 2 aromatic rings. The third-order valence-electron chi connectivity index (χ3n) is 3.39. The van der Waals surface area contributed by atoms with Gasteiger partial charge in [-0.1, -0.05) is 12.1 Å². The highest BCUT2D eigenvalue weighted by molar-refractivity contribution is 7.92. The van der Waals surface area contributed by atoms with Crippen LogP contribution in [-0.2, 0) is 14.8 Å². The van der Waals surface area contributed by atoms with E-state index in [1.807, 2.05) is 13.0 Å². The number of anilines is 2. The number of amides is 1. The molecule has 3 rings (SSSR count). The second-order valence-corrected chi connectivity index (χ2v) is 6.96. The van der Waals surface area contributed by atoms with Crippen molar-refractivity contribution in [1.29, 1.82) is 0 Å². The Morgan fingerprint density at radius 2 is 2.00 bits per heavy atom. The Balaban J connectivity index is 1.93. The number of fused-ring (bicyclic) bond motifs is 1. The molecule has 1 aliphatic heterocycles. The SMILES string of the molecule is Cc1cccc(NS(=O)(=O)c2ccc3c(c2)NC(=O)CCO3)c1. The van der Waals surface area contributed by atoms with E-state index in [-0.39, 0.29) is 23.8 Å². The van der Waals surface area contributed by atoms with Gasteiger partial charge in [0.05, 0.1) is 23.6 Å². The van der Waals surface area contributed by atoms with E-state index >= 15 is 0 Å². The second-order valence-electron chi connectivity index (χ2n) is 5.28. The highest BCUT2D eigenvalue weighted by Crippen LogP contribution is 2.30. The highest BCUT2D eigenvalue weighted by Gasteiger charge is 2.20. The molecule has 0 bridgehead atoms. The molecule has 2 aromatic carbocycles. The molecule has 7 heteroatoms. The van der Waals surface area contributed by atoms with Gasteiger partial charge in [0, 0.05) is 5.69 Å². The molecule has 23 heavy (non-hydrogen) atoms. The molecule has 0 saturated heterocycles. The standard InChI is InChI=1S/C16H16N2O4S/c1-11-3-2-4-12(9-11)18-23(20,21)13-5-6-15-14(10-13)17-16(19)7-8-22-15/h2-6,9-10,18H,7-8H2,1H3,(H,17,19). The maximum absolute atomic E-state index is 12.5. The van der Waals surface area contributed by atoms with Gasteiger partial charge in [-0.15, -0.1) is 0 Å². The maximum Gasteiger partial charge on any atom is 0.261 e. The fraction of sp³-hybridized carbons (Fsp3) is 0.188. The molecule has 0 aliphatic carbocycles. The van der Waals surface area contributed by atoms with Crippen molar-refractivity contribution in [3.8, 4) is 5.75 Å². The molecule has 0 radical (unpaired) electrons. The summed E-state index contributed by atoms with van der Waals surface area (Å²) in [6, 6.07) is 11.5. The molecule has 0 fully saturated rings. The van der Waals surface area contributed by atoms with Gasteiger partial charge in [-0.25, -0.2) is 8.42 Å². The molecule has 1 heterocycles. The topological polar surface area (TPSA) is 84.5 Å². The normalized spacial score (nSPS) is 14.2. The van der Waals surface area contributed by atoms with Gasteiger partial charge in [-0.3, -0.25) is 9.52 Å². The number of nitrogens with one attached hydrogen (secondary N) is 2. The van der Waals surface area contributed by atoms with Crippen LogP contribution in [-0.4, -0.2) is 20.9 Å². The van der Waals surface area contributed by atoms with Gasteiger partial charge in [0.2, 0.25) is 5.91 Å². The third kappa shape index (κ3) is 3.45. The first-order valence-corrected chi connectivity index (χ1v) is 8.58. The molecule has 0 unspecified atom stereocenters. The zero-order valence-electron chi connectivity index (χ0n) is 12.5. The number of hydrogen-bond acceptors (Lipinski definition) is 4. The number of rotatable bonds is 3. The second kappa shape index (κ2) is 5.92. The lowest BCUT2D eigenvalue weighted by Gasteiger charge is -2.12. The number of benzene rings is 2. The van der Waals surface area contributed by atoms with Gasteiger partial charge in [0.25, 0.3) is 10.0 Å². The summed E-state index contributed by atoms with van der Waals surface area (Å²) < 4.78 is 33.0. The zero-order valence-corrected chi connectivity index (χ0v) is 13.3. The van der Waals surface area contributed by atoms with Gasteiger partial charge in [-0.05, 0) is 42.8 Å². The predicted molar refractivity (Wildman–Crippen MR) is 87.2 cm³/mol. The summed E-state index contributed by atoms with van der Waals surface area (Å²) in [7, 11) is -3.75. The fourth-order valence-corrected chi connectivity index (χ4v) is 3.36. The summed E-state index contributed by atoms with van der Waals surface area (Å²) in [6.45, 7) is 2.15. The average molecular weight is 332 g/mol. The zero-order chi connectivity index (χ0) is 16.4. The number of carbonyl (C=O) groups excluding carboxylic acids is 1. The quantitative estimate of drug-likeness (QED) is 0.904. The van der Waals surface area contributed by atoms with Crippen molar-refractivity contribution in [3.63, 3.8) is 0 Å². The van der Waals surface area contributed by atoms with E-state index in [0.717, 1.165) is 5.56 Å². The van der Waals surface area contributed by atoms with Gasteiger partial charge in [-0.2, -0.15) is 0 Å².